The topological polar surface area (TPSA) is 39.9 Å². The molecular formula is C22H33N3O2. The van der Waals surface area contributed by atoms with Crippen molar-refractivity contribution in [2.45, 2.75) is 45.1 Å². The van der Waals surface area contributed by atoms with Gasteiger partial charge >= 0.3 is 0 Å². The molecule has 5 rings (SSSR count). The Balaban J connectivity index is 1.32. The minimum atomic E-state index is -0.0915. The van der Waals surface area contributed by atoms with E-state index in [0.717, 1.165) is 52.2 Å². The van der Waals surface area contributed by atoms with Crippen LogP contribution in [0.25, 0.3) is 0 Å². The van der Waals surface area contributed by atoms with Crippen molar-refractivity contribution in [2.75, 3.05) is 46.3 Å². The second kappa shape index (κ2) is 6.63. The molecule has 0 unspecified atom stereocenters. The van der Waals surface area contributed by atoms with E-state index >= 15 is 0 Å². The Morgan fingerprint density at radius 1 is 1.15 bits per heavy atom. The molecule has 5 nitrogen and oxygen atoms in total. The summed E-state index contributed by atoms with van der Waals surface area (Å²) in [5.74, 6) is 1.05. The number of likely N-dealkylation sites (tertiary alicyclic amines) is 3. The van der Waals surface area contributed by atoms with Gasteiger partial charge in [-0.05, 0) is 76.1 Å². The number of nitrogens with zero attached hydrogens (tertiary/aromatic N) is 3. The highest BCUT2D eigenvalue weighted by atomic mass is 16.3. The van der Waals surface area contributed by atoms with E-state index in [-0.39, 0.29) is 5.41 Å². The molecule has 1 aliphatic carbocycles. The van der Waals surface area contributed by atoms with Gasteiger partial charge in [0.25, 0.3) is 0 Å². The number of amides is 1. The predicted octanol–water partition coefficient (Wildman–Crippen LogP) is 2.83. The Kier molecular flexibility index (Phi) is 4.36. The van der Waals surface area contributed by atoms with E-state index in [4.69, 9.17) is 4.42 Å². The molecule has 4 aliphatic rings. The Bertz CT molecular complexity index is 674. The predicted molar refractivity (Wildman–Crippen MR) is 104 cm³/mol. The minimum absolute atomic E-state index is 0.0915. The molecule has 4 fully saturated rings. The van der Waals surface area contributed by atoms with Crippen molar-refractivity contribution in [3.63, 3.8) is 0 Å². The Morgan fingerprint density at radius 2 is 1.93 bits per heavy atom. The third kappa shape index (κ3) is 2.85. The zero-order chi connectivity index (χ0) is 18.5. The molecule has 0 radical (unpaired) electrons. The third-order valence-electron chi connectivity index (χ3n) is 8.18. The van der Waals surface area contributed by atoms with E-state index in [1.165, 1.54) is 37.7 Å². The van der Waals surface area contributed by atoms with Crippen LogP contribution in [0.4, 0.5) is 0 Å². The van der Waals surface area contributed by atoms with Crippen LogP contribution in [-0.2, 0) is 11.3 Å². The van der Waals surface area contributed by atoms with Gasteiger partial charge in [-0.2, -0.15) is 0 Å². The summed E-state index contributed by atoms with van der Waals surface area (Å²) in [4.78, 5) is 20.8. The van der Waals surface area contributed by atoms with Crippen LogP contribution in [0.1, 0.15) is 44.1 Å². The van der Waals surface area contributed by atoms with Gasteiger partial charge in [-0.1, -0.05) is 0 Å². The van der Waals surface area contributed by atoms with E-state index in [9.17, 15) is 4.79 Å². The van der Waals surface area contributed by atoms with Gasteiger partial charge in [0, 0.05) is 38.3 Å². The monoisotopic (exact) mass is 371 g/mol. The molecule has 1 spiro atoms. The van der Waals surface area contributed by atoms with Crippen LogP contribution in [-0.4, -0.2) is 66.9 Å². The van der Waals surface area contributed by atoms with Crippen molar-refractivity contribution in [3.05, 3.63) is 24.2 Å². The molecule has 0 bridgehead atoms. The Morgan fingerprint density at radius 3 is 2.63 bits per heavy atom. The summed E-state index contributed by atoms with van der Waals surface area (Å²) in [6.45, 7) is 7.37. The van der Waals surface area contributed by atoms with E-state index in [2.05, 4.69) is 27.8 Å². The summed E-state index contributed by atoms with van der Waals surface area (Å²) >= 11 is 0. The van der Waals surface area contributed by atoms with Crippen molar-refractivity contribution in [2.24, 2.45) is 16.7 Å². The number of hydrogen-bond acceptors (Lipinski definition) is 4. The first-order chi connectivity index (χ1) is 13.1. The van der Waals surface area contributed by atoms with E-state index in [0.29, 0.717) is 17.2 Å². The number of furan rings is 1. The maximum Gasteiger partial charge on any atom is 0.230 e. The molecule has 2 atom stereocenters. The molecule has 1 aromatic rings. The average molecular weight is 372 g/mol. The van der Waals surface area contributed by atoms with Gasteiger partial charge in [-0.25, -0.2) is 0 Å². The number of fused-ring (bicyclic) bond motifs is 2. The van der Waals surface area contributed by atoms with Gasteiger partial charge < -0.3 is 14.2 Å². The van der Waals surface area contributed by atoms with Crippen molar-refractivity contribution in [1.82, 2.24) is 14.7 Å². The van der Waals surface area contributed by atoms with Crippen molar-refractivity contribution in [3.8, 4) is 0 Å². The molecule has 148 valence electrons. The fourth-order valence-electron chi connectivity index (χ4n) is 6.78. The molecule has 3 saturated heterocycles. The Labute approximate surface area is 162 Å². The molecular weight excluding hydrogens is 338 g/mol. The van der Waals surface area contributed by atoms with Crippen LogP contribution in [0, 0.1) is 16.7 Å². The van der Waals surface area contributed by atoms with Crippen LogP contribution in [0.3, 0.4) is 0 Å². The first-order valence-corrected chi connectivity index (χ1v) is 10.8. The van der Waals surface area contributed by atoms with Crippen molar-refractivity contribution < 1.29 is 9.21 Å². The van der Waals surface area contributed by atoms with Gasteiger partial charge in [-0.3, -0.25) is 9.69 Å². The van der Waals surface area contributed by atoms with Crippen LogP contribution < -0.4 is 0 Å². The van der Waals surface area contributed by atoms with Gasteiger partial charge in [0.1, 0.15) is 0 Å². The van der Waals surface area contributed by atoms with Crippen molar-refractivity contribution >= 4 is 5.91 Å². The lowest BCUT2D eigenvalue weighted by Gasteiger charge is -2.45. The standard InChI is InChI=1S/C22H33N3O2/c1-23-15-19-21(7-11-24(12-8-21)14-18-4-13-27-16-18)5-6-22(19,17-23)20(26)25-9-2-3-10-25/h4,13,16,19H,2-3,5-12,14-15,17H2,1H3/t19-,22+/m0/s1. The normalized spacial score (nSPS) is 33.8. The molecule has 1 amide bonds. The fourth-order valence-corrected chi connectivity index (χ4v) is 6.78. The van der Waals surface area contributed by atoms with Crippen LogP contribution in [0.2, 0.25) is 0 Å². The highest BCUT2D eigenvalue weighted by Crippen LogP contribution is 2.62. The minimum Gasteiger partial charge on any atom is -0.472 e. The molecule has 5 heteroatoms. The first-order valence-electron chi connectivity index (χ1n) is 10.8. The number of carbonyl (C=O) groups is 1. The highest BCUT2D eigenvalue weighted by Gasteiger charge is 2.64. The zero-order valence-corrected chi connectivity index (χ0v) is 16.7. The molecule has 1 aromatic heterocycles. The lowest BCUT2D eigenvalue weighted by Crippen LogP contribution is -2.49. The molecule has 0 aromatic carbocycles. The first kappa shape index (κ1) is 17.7. The summed E-state index contributed by atoms with van der Waals surface area (Å²) in [6, 6.07) is 2.08. The van der Waals surface area contributed by atoms with Gasteiger partial charge in [0.15, 0.2) is 0 Å². The lowest BCUT2D eigenvalue weighted by molar-refractivity contribution is -0.142. The zero-order valence-electron chi connectivity index (χ0n) is 16.7. The summed E-state index contributed by atoms with van der Waals surface area (Å²) < 4.78 is 5.23. The molecule has 27 heavy (non-hydrogen) atoms. The van der Waals surface area contributed by atoms with E-state index < -0.39 is 0 Å². The Hall–Kier alpha value is -1.33. The largest absolute Gasteiger partial charge is 0.472 e. The van der Waals surface area contributed by atoms with E-state index in [1.54, 1.807) is 6.26 Å². The summed E-state index contributed by atoms with van der Waals surface area (Å²) in [5.41, 5.74) is 1.57. The summed E-state index contributed by atoms with van der Waals surface area (Å²) in [5, 5.41) is 0. The van der Waals surface area contributed by atoms with Gasteiger partial charge in [0.05, 0.1) is 17.9 Å². The average Bonchev–Trinajstić information content (AvgIpc) is 3.44. The smallest absolute Gasteiger partial charge is 0.230 e. The second-order valence-corrected chi connectivity index (χ2v) is 9.67. The SMILES string of the molecule is CN1C[C@H]2C3(CCN(Cc4ccoc4)CC3)CC[C@@]2(C(=O)N2CCCC2)C1. The quantitative estimate of drug-likeness (QED) is 0.819. The third-order valence-corrected chi connectivity index (χ3v) is 8.18. The second-order valence-electron chi connectivity index (χ2n) is 9.67. The maximum atomic E-state index is 13.6. The number of rotatable bonds is 3. The van der Waals surface area contributed by atoms with Crippen molar-refractivity contribution in [1.29, 1.82) is 0 Å². The van der Waals surface area contributed by atoms with Crippen LogP contribution in [0.5, 0.6) is 0 Å². The molecule has 1 saturated carbocycles. The molecule has 4 heterocycles. The number of carbonyl (C=O) groups excluding carboxylic acids is 1. The number of piperidine rings is 1. The lowest BCUT2D eigenvalue weighted by atomic mass is 9.65. The summed E-state index contributed by atoms with van der Waals surface area (Å²) in [7, 11) is 2.22. The highest BCUT2D eigenvalue weighted by molar-refractivity contribution is 5.84. The number of hydrogen-bond donors (Lipinski definition) is 0. The molecule has 3 aliphatic heterocycles. The summed E-state index contributed by atoms with van der Waals surface area (Å²) in [6.07, 6.45) is 10.9. The van der Waals surface area contributed by atoms with Gasteiger partial charge in [0.2, 0.25) is 5.91 Å². The van der Waals surface area contributed by atoms with Gasteiger partial charge in [-0.15, -0.1) is 0 Å². The molecule has 0 N–H and O–H groups in total. The van der Waals surface area contributed by atoms with E-state index in [1.807, 2.05) is 6.26 Å². The maximum absolute atomic E-state index is 13.6. The fraction of sp³-hybridized carbons (Fsp3) is 0.773. The van der Waals surface area contributed by atoms with Crippen LogP contribution >= 0.6 is 0 Å². The van der Waals surface area contributed by atoms with Crippen LogP contribution in [0.15, 0.2) is 23.0 Å².